The zero-order valence-corrected chi connectivity index (χ0v) is 10.5. The molecule has 1 aromatic rings. The molecule has 0 atom stereocenters. The fraction of sp³-hybridized carbons (Fsp3) is 0.769. The van der Waals surface area contributed by atoms with E-state index in [4.69, 9.17) is 5.73 Å². The van der Waals surface area contributed by atoms with Gasteiger partial charge >= 0.3 is 0 Å². The Bertz CT molecular complexity index is 386. The summed E-state index contributed by atoms with van der Waals surface area (Å²) in [5.74, 6) is 0.560. The number of hydrogen-bond donors (Lipinski definition) is 2. The minimum atomic E-state index is 0.0951. The maximum Gasteiger partial charge on any atom is 0.266 e. The first-order valence-corrected chi connectivity index (χ1v) is 6.81. The van der Waals surface area contributed by atoms with E-state index in [2.05, 4.69) is 5.10 Å². The third-order valence-electron chi connectivity index (χ3n) is 3.69. The Kier molecular flexibility index (Phi) is 4.42. The summed E-state index contributed by atoms with van der Waals surface area (Å²) in [5, 5.41) is 3.26. The molecule has 0 aromatic carbocycles. The number of nitrogens with one attached hydrogen (secondary N) is 1. The number of rotatable bonds is 4. The van der Waals surface area contributed by atoms with Crippen LogP contribution in [0.2, 0.25) is 0 Å². The van der Waals surface area contributed by atoms with E-state index in [1.165, 1.54) is 38.5 Å². The number of nitrogens with two attached hydrogens (primary N) is 1. The molecule has 4 nitrogen and oxygen atoms in total. The average molecular weight is 237 g/mol. The summed E-state index contributed by atoms with van der Waals surface area (Å²) in [5.41, 5.74) is 6.70. The van der Waals surface area contributed by atoms with Gasteiger partial charge in [-0.3, -0.25) is 14.6 Å². The number of hydrogen-bond acceptors (Lipinski definition) is 2. The van der Waals surface area contributed by atoms with E-state index in [1.54, 1.807) is 10.7 Å². The van der Waals surface area contributed by atoms with Gasteiger partial charge < -0.3 is 5.73 Å². The molecule has 0 unspecified atom stereocenters. The second kappa shape index (κ2) is 6.05. The average Bonchev–Trinajstić information content (AvgIpc) is 2.57. The minimum Gasteiger partial charge on any atom is -0.330 e. The molecule has 0 saturated heterocycles. The molecule has 0 spiro atoms. The number of aryl methyl sites for hydroxylation is 1. The summed E-state index contributed by atoms with van der Waals surface area (Å²) >= 11 is 0. The largest absolute Gasteiger partial charge is 0.330 e. The third-order valence-corrected chi connectivity index (χ3v) is 3.69. The van der Waals surface area contributed by atoms with E-state index in [0.29, 0.717) is 19.0 Å². The molecule has 96 valence electrons. The summed E-state index contributed by atoms with van der Waals surface area (Å²) < 4.78 is 1.70. The molecule has 2 rings (SSSR count). The SMILES string of the molecule is NCCCn1[nH]c(C2CCCCCC2)cc1=O. The van der Waals surface area contributed by atoms with Crippen molar-refractivity contribution < 1.29 is 0 Å². The van der Waals surface area contributed by atoms with E-state index >= 15 is 0 Å². The van der Waals surface area contributed by atoms with Gasteiger partial charge in [-0.2, -0.15) is 0 Å². The fourth-order valence-corrected chi connectivity index (χ4v) is 2.67. The van der Waals surface area contributed by atoms with Gasteiger partial charge in [0.2, 0.25) is 0 Å². The molecule has 0 amide bonds. The first kappa shape index (κ1) is 12.4. The van der Waals surface area contributed by atoms with Gasteiger partial charge in [-0.1, -0.05) is 25.7 Å². The molecule has 0 radical (unpaired) electrons. The molecule has 1 heterocycles. The normalized spacial score (nSPS) is 18.2. The predicted octanol–water partition coefficient (Wildman–Crippen LogP) is 1.96. The first-order chi connectivity index (χ1) is 8.31. The highest BCUT2D eigenvalue weighted by molar-refractivity contribution is 5.07. The monoisotopic (exact) mass is 237 g/mol. The molecule has 17 heavy (non-hydrogen) atoms. The van der Waals surface area contributed by atoms with E-state index < -0.39 is 0 Å². The van der Waals surface area contributed by atoms with Gasteiger partial charge in [0.05, 0.1) is 0 Å². The zero-order valence-electron chi connectivity index (χ0n) is 10.5. The van der Waals surface area contributed by atoms with Crippen molar-refractivity contribution in [3.8, 4) is 0 Å². The van der Waals surface area contributed by atoms with Gasteiger partial charge in [-0.15, -0.1) is 0 Å². The van der Waals surface area contributed by atoms with E-state index in [0.717, 1.165) is 12.1 Å². The molecule has 1 fully saturated rings. The quantitative estimate of drug-likeness (QED) is 0.786. The van der Waals surface area contributed by atoms with Crippen LogP contribution < -0.4 is 11.3 Å². The third kappa shape index (κ3) is 3.22. The van der Waals surface area contributed by atoms with Crippen LogP contribution in [0.3, 0.4) is 0 Å². The van der Waals surface area contributed by atoms with Crippen LogP contribution in [0.5, 0.6) is 0 Å². The zero-order chi connectivity index (χ0) is 12.1. The van der Waals surface area contributed by atoms with Crippen molar-refractivity contribution in [1.82, 2.24) is 9.78 Å². The molecule has 1 aromatic heterocycles. The van der Waals surface area contributed by atoms with Gasteiger partial charge in [0.1, 0.15) is 0 Å². The van der Waals surface area contributed by atoms with Gasteiger partial charge in [0.15, 0.2) is 0 Å². The van der Waals surface area contributed by atoms with E-state index in [1.807, 2.05) is 0 Å². The first-order valence-electron chi connectivity index (χ1n) is 6.81. The summed E-state index contributed by atoms with van der Waals surface area (Å²) in [6, 6.07) is 1.78. The van der Waals surface area contributed by atoms with Crippen LogP contribution in [0.25, 0.3) is 0 Å². The Morgan fingerprint density at radius 1 is 1.29 bits per heavy atom. The molecule has 3 N–H and O–H groups in total. The smallest absolute Gasteiger partial charge is 0.266 e. The van der Waals surface area contributed by atoms with Crippen molar-refractivity contribution in [2.45, 2.75) is 57.4 Å². The Labute approximate surface area is 102 Å². The number of H-pyrrole nitrogens is 1. The Hall–Kier alpha value is -1.03. The van der Waals surface area contributed by atoms with E-state index in [-0.39, 0.29) is 5.56 Å². The fourth-order valence-electron chi connectivity index (χ4n) is 2.67. The van der Waals surface area contributed by atoms with Crippen LogP contribution in [-0.4, -0.2) is 16.3 Å². The Morgan fingerprint density at radius 2 is 2.00 bits per heavy atom. The van der Waals surface area contributed by atoms with Gasteiger partial charge in [0, 0.05) is 24.2 Å². The molecular formula is C13H23N3O. The highest BCUT2D eigenvalue weighted by atomic mass is 16.1. The molecule has 0 bridgehead atoms. The second-order valence-corrected chi connectivity index (χ2v) is 5.03. The number of nitrogens with zero attached hydrogens (tertiary/aromatic N) is 1. The van der Waals surface area contributed by atoms with Gasteiger partial charge in [0.25, 0.3) is 5.56 Å². The van der Waals surface area contributed by atoms with Crippen LogP contribution in [0.1, 0.15) is 56.6 Å². The van der Waals surface area contributed by atoms with Crippen molar-refractivity contribution in [3.63, 3.8) is 0 Å². The van der Waals surface area contributed by atoms with Gasteiger partial charge in [-0.25, -0.2) is 0 Å². The number of aromatic nitrogens is 2. The molecule has 4 heteroatoms. The molecule has 1 saturated carbocycles. The summed E-state index contributed by atoms with van der Waals surface area (Å²) in [7, 11) is 0. The topological polar surface area (TPSA) is 63.8 Å². The lowest BCUT2D eigenvalue weighted by Crippen LogP contribution is -2.17. The van der Waals surface area contributed by atoms with Crippen molar-refractivity contribution >= 4 is 0 Å². The molecule has 0 aliphatic heterocycles. The minimum absolute atomic E-state index is 0.0951. The molecule has 1 aliphatic carbocycles. The lowest BCUT2D eigenvalue weighted by molar-refractivity contribution is 0.529. The summed E-state index contributed by atoms with van der Waals surface area (Å²) in [6.45, 7) is 1.34. The summed E-state index contributed by atoms with van der Waals surface area (Å²) in [6.07, 6.45) is 8.56. The van der Waals surface area contributed by atoms with Crippen molar-refractivity contribution in [1.29, 1.82) is 0 Å². The maximum absolute atomic E-state index is 11.8. The lowest BCUT2D eigenvalue weighted by Gasteiger charge is -2.11. The molecular weight excluding hydrogens is 214 g/mol. The van der Waals surface area contributed by atoms with Crippen LogP contribution in [0, 0.1) is 0 Å². The predicted molar refractivity (Wildman–Crippen MR) is 69.2 cm³/mol. The van der Waals surface area contributed by atoms with Crippen LogP contribution >= 0.6 is 0 Å². The van der Waals surface area contributed by atoms with E-state index in [9.17, 15) is 4.79 Å². The highest BCUT2D eigenvalue weighted by Crippen LogP contribution is 2.29. The Balaban J connectivity index is 2.07. The van der Waals surface area contributed by atoms with Crippen molar-refractivity contribution in [2.75, 3.05) is 6.54 Å². The maximum atomic E-state index is 11.8. The lowest BCUT2D eigenvalue weighted by atomic mass is 9.97. The number of aromatic amines is 1. The van der Waals surface area contributed by atoms with Crippen LogP contribution in [0.15, 0.2) is 10.9 Å². The van der Waals surface area contributed by atoms with Crippen LogP contribution in [0.4, 0.5) is 0 Å². The van der Waals surface area contributed by atoms with Crippen molar-refractivity contribution in [2.24, 2.45) is 5.73 Å². The standard InChI is InChI=1S/C13H23N3O/c14-8-5-9-16-13(17)10-12(15-16)11-6-3-1-2-4-7-11/h10-11,15H,1-9,14H2. The summed E-state index contributed by atoms with van der Waals surface area (Å²) in [4.78, 5) is 11.8. The molecule has 1 aliphatic rings. The van der Waals surface area contributed by atoms with Crippen LogP contribution in [-0.2, 0) is 6.54 Å². The highest BCUT2D eigenvalue weighted by Gasteiger charge is 2.17. The Morgan fingerprint density at radius 3 is 2.65 bits per heavy atom. The van der Waals surface area contributed by atoms with Crippen molar-refractivity contribution in [3.05, 3.63) is 22.1 Å². The van der Waals surface area contributed by atoms with Gasteiger partial charge in [-0.05, 0) is 25.8 Å². The second-order valence-electron chi connectivity index (χ2n) is 5.03.